The normalized spacial score (nSPS) is 10.9. The van der Waals surface area contributed by atoms with Crippen LogP contribution in [0.1, 0.15) is 23.4 Å². The fourth-order valence-electron chi connectivity index (χ4n) is 1.93. The average molecular weight is 301 g/mol. The van der Waals surface area contributed by atoms with E-state index in [1.807, 2.05) is 18.2 Å². The Kier molecular flexibility index (Phi) is 4.68. The second-order valence-corrected chi connectivity index (χ2v) is 5.67. The van der Waals surface area contributed by atoms with Crippen LogP contribution in [0.5, 0.6) is 0 Å². The minimum absolute atomic E-state index is 0.631. The maximum atomic E-state index is 5.25. The summed E-state index contributed by atoms with van der Waals surface area (Å²) >= 11 is 1.58. The van der Waals surface area contributed by atoms with Gasteiger partial charge in [-0.25, -0.2) is 0 Å². The lowest BCUT2D eigenvalue weighted by molar-refractivity contribution is 0.337. The van der Waals surface area contributed by atoms with E-state index >= 15 is 0 Å². The predicted octanol–water partition coefficient (Wildman–Crippen LogP) is 3.37. The third-order valence-corrected chi connectivity index (χ3v) is 3.88. The zero-order chi connectivity index (χ0) is 14.3. The highest BCUT2D eigenvalue weighted by Crippen LogP contribution is 2.18. The van der Waals surface area contributed by atoms with Crippen molar-refractivity contribution in [2.75, 3.05) is 5.75 Å². The lowest BCUT2D eigenvalue weighted by Crippen LogP contribution is -1.90. The number of nitrogens with zero attached hydrogens (tertiary/aromatic N) is 3. The predicted molar refractivity (Wildman–Crippen MR) is 79.1 cm³/mol. The molecule has 0 spiro atoms. The quantitative estimate of drug-likeness (QED) is 0.492. The molecule has 108 valence electrons. The van der Waals surface area contributed by atoms with E-state index in [4.69, 9.17) is 9.05 Å². The summed E-state index contributed by atoms with van der Waals surface area (Å²) in [6, 6.07) is 10.1. The van der Waals surface area contributed by atoms with Crippen molar-refractivity contribution >= 4 is 11.8 Å². The SMILES string of the molecule is c1ccc(Cc2noc(SCCCc3cnoc3)n2)cc1. The van der Waals surface area contributed by atoms with E-state index in [0.29, 0.717) is 11.6 Å². The monoisotopic (exact) mass is 301 g/mol. The van der Waals surface area contributed by atoms with Crippen molar-refractivity contribution in [3.63, 3.8) is 0 Å². The maximum absolute atomic E-state index is 5.25. The summed E-state index contributed by atoms with van der Waals surface area (Å²) in [5, 5.41) is 8.32. The molecule has 3 aromatic rings. The molecule has 0 aliphatic heterocycles. The van der Waals surface area contributed by atoms with Gasteiger partial charge in [-0.15, -0.1) is 0 Å². The van der Waals surface area contributed by atoms with Crippen molar-refractivity contribution in [2.45, 2.75) is 24.5 Å². The van der Waals surface area contributed by atoms with Gasteiger partial charge < -0.3 is 9.05 Å². The summed E-state index contributed by atoms with van der Waals surface area (Å²) in [4.78, 5) is 4.39. The maximum Gasteiger partial charge on any atom is 0.285 e. The molecule has 0 unspecified atom stereocenters. The smallest absolute Gasteiger partial charge is 0.285 e. The van der Waals surface area contributed by atoms with E-state index in [9.17, 15) is 0 Å². The van der Waals surface area contributed by atoms with Crippen molar-refractivity contribution in [1.82, 2.24) is 15.3 Å². The molecular weight excluding hydrogens is 286 g/mol. The zero-order valence-corrected chi connectivity index (χ0v) is 12.3. The molecule has 0 saturated heterocycles. The number of benzene rings is 1. The van der Waals surface area contributed by atoms with Gasteiger partial charge in [0.25, 0.3) is 5.22 Å². The largest absolute Gasteiger partial charge is 0.364 e. The third-order valence-electron chi connectivity index (χ3n) is 2.97. The Bertz CT molecular complexity index is 653. The molecule has 0 aliphatic rings. The fraction of sp³-hybridized carbons (Fsp3) is 0.267. The lowest BCUT2D eigenvalue weighted by atomic mass is 10.1. The van der Waals surface area contributed by atoms with Crippen LogP contribution in [-0.4, -0.2) is 21.1 Å². The minimum Gasteiger partial charge on any atom is -0.364 e. The zero-order valence-electron chi connectivity index (χ0n) is 11.4. The summed E-state index contributed by atoms with van der Waals surface area (Å²) in [7, 11) is 0. The fourth-order valence-corrected chi connectivity index (χ4v) is 2.66. The van der Waals surface area contributed by atoms with Crippen molar-refractivity contribution in [2.24, 2.45) is 0 Å². The van der Waals surface area contributed by atoms with Crippen LogP contribution in [-0.2, 0) is 12.8 Å². The highest BCUT2D eigenvalue weighted by Gasteiger charge is 2.07. The van der Waals surface area contributed by atoms with Crippen molar-refractivity contribution in [3.05, 3.63) is 59.7 Å². The van der Waals surface area contributed by atoms with Gasteiger partial charge in [-0.2, -0.15) is 4.98 Å². The number of aromatic nitrogens is 3. The molecule has 21 heavy (non-hydrogen) atoms. The first-order chi connectivity index (χ1) is 10.4. The van der Waals surface area contributed by atoms with Gasteiger partial charge in [0.15, 0.2) is 5.82 Å². The van der Waals surface area contributed by atoms with Crippen LogP contribution in [0.15, 0.2) is 57.1 Å². The summed E-state index contributed by atoms with van der Waals surface area (Å²) in [6.45, 7) is 0. The standard InChI is InChI=1S/C15H15N3O2S/c1-2-5-12(6-3-1)9-14-17-15(20-18-14)21-8-4-7-13-10-16-19-11-13/h1-3,5-6,10-11H,4,7-9H2. The highest BCUT2D eigenvalue weighted by atomic mass is 32.2. The summed E-state index contributed by atoms with van der Waals surface area (Å²) in [6.07, 6.45) is 6.08. The molecule has 0 aliphatic carbocycles. The van der Waals surface area contributed by atoms with Crippen LogP contribution in [0.3, 0.4) is 0 Å². The summed E-state index contributed by atoms with van der Waals surface area (Å²) in [5.41, 5.74) is 2.30. The molecule has 0 saturated carbocycles. The number of hydrogen-bond donors (Lipinski definition) is 0. The van der Waals surface area contributed by atoms with Gasteiger partial charge >= 0.3 is 0 Å². The summed E-state index contributed by atoms with van der Waals surface area (Å²) < 4.78 is 10.0. The minimum atomic E-state index is 0.631. The molecule has 2 aromatic heterocycles. The van der Waals surface area contributed by atoms with Crippen LogP contribution in [0.2, 0.25) is 0 Å². The second kappa shape index (κ2) is 7.08. The third kappa shape index (κ3) is 4.19. The van der Waals surface area contributed by atoms with Crippen LogP contribution in [0, 0.1) is 0 Å². The Morgan fingerprint density at radius 1 is 1.10 bits per heavy atom. The molecule has 0 fully saturated rings. The van der Waals surface area contributed by atoms with Crippen LogP contribution in [0.4, 0.5) is 0 Å². The Morgan fingerprint density at radius 2 is 2.00 bits per heavy atom. The molecule has 0 radical (unpaired) electrons. The van der Waals surface area contributed by atoms with Gasteiger partial charge in [-0.05, 0) is 18.4 Å². The molecule has 3 rings (SSSR count). The van der Waals surface area contributed by atoms with E-state index in [2.05, 4.69) is 27.4 Å². The molecule has 0 bridgehead atoms. The van der Waals surface area contributed by atoms with Crippen LogP contribution < -0.4 is 0 Å². The molecule has 6 heteroatoms. The Labute approximate surface area is 126 Å². The van der Waals surface area contributed by atoms with Gasteiger partial charge in [0, 0.05) is 17.7 Å². The molecule has 5 nitrogen and oxygen atoms in total. The Hall–Kier alpha value is -2.08. The van der Waals surface area contributed by atoms with Gasteiger partial charge in [0.2, 0.25) is 0 Å². The van der Waals surface area contributed by atoms with E-state index < -0.39 is 0 Å². The van der Waals surface area contributed by atoms with E-state index in [1.165, 1.54) is 5.56 Å². The Balaban J connectivity index is 1.44. The second-order valence-electron chi connectivity index (χ2n) is 4.62. The van der Waals surface area contributed by atoms with Gasteiger partial charge in [-0.1, -0.05) is 52.4 Å². The van der Waals surface area contributed by atoms with Gasteiger partial charge in [0.1, 0.15) is 6.26 Å². The number of aryl methyl sites for hydroxylation is 1. The van der Waals surface area contributed by atoms with Gasteiger partial charge in [-0.3, -0.25) is 0 Å². The van der Waals surface area contributed by atoms with E-state index in [0.717, 1.165) is 30.0 Å². The molecular formula is C15H15N3O2S. The first-order valence-corrected chi connectivity index (χ1v) is 7.76. The first kappa shape index (κ1) is 13.9. The molecule has 0 amide bonds. The Morgan fingerprint density at radius 3 is 2.81 bits per heavy atom. The number of hydrogen-bond acceptors (Lipinski definition) is 6. The molecule has 0 atom stereocenters. The van der Waals surface area contributed by atoms with Crippen molar-refractivity contribution < 1.29 is 9.05 Å². The number of rotatable bonds is 7. The first-order valence-electron chi connectivity index (χ1n) is 6.78. The molecule has 2 heterocycles. The number of thioether (sulfide) groups is 1. The highest BCUT2D eigenvalue weighted by molar-refractivity contribution is 7.99. The van der Waals surface area contributed by atoms with Gasteiger partial charge in [0.05, 0.1) is 6.20 Å². The lowest BCUT2D eigenvalue weighted by Gasteiger charge is -1.95. The van der Waals surface area contributed by atoms with Crippen LogP contribution in [0.25, 0.3) is 0 Å². The molecule has 1 aromatic carbocycles. The van der Waals surface area contributed by atoms with E-state index in [-0.39, 0.29) is 0 Å². The van der Waals surface area contributed by atoms with Crippen molar-refractivity contribution in [1.29, 1.82) is 0 Å². The topological polar surface area (TPSA) is 65.0 Å². The van der Waals surface area contributed by atoms with Crippen LogP contribution >= 0.6 is 11.8 Å². The van der Waals surface area contributed by atoms with E-state index in [1.54, 1.807) is 24.2 Å². The molecule has 0 N–H and O–H groups in total. The summed E-state index contributed by atoms with van der Waals surface area (Å²) in [5.74, 6) is 1.65. The van der Waals surface area contributed by atoms with Crippen molar-refractivity contribution in [3.8, 4) is 0 Å². The average Bonchev–Trinajstić information content (AvgIpc) is 3.17.